The standard InChI is InChI=1S/C28H22O/c1-21-6-8-22(9-7-21)10-11-24-13-17-26(28(20-24)25-4-2-3-5-25)16-12-23-14-18-27(29)19-15-23/h4,6-9,13-15,17-20,29H,2-3,5H2,1H3. The minimum atomic E-state index is 0.254. The van der Waals surface area contributed by atoms with Gasteiger partial charge in [-0.15, -0.1) is 0 Å². The number of aromatic hydroxyl groups is 1. The van der Waals surface area contributed by atoms with E-state index in [2.05, 4.69) is 73.1 Å². The number of hydrogen-bond acceptors (Lipinski definition) is 1. The van der Waals surface area contributed by atoms with E-state index in [1.165, 1.54) is 23.1 Å². The van der Waals surface area contributed by atoms with Gasteiger partial charge in [0.05, 0.1) is 0 Å². The third-order valence-electron chi connectivity index (χ3n) is 5.02. The first-order chi connectivity index (χ1) is 14.2. The number of aryl methyl sites for hydroxylation is 1. The molecule has 0 saturated carbocycles. The van der Waals surface area contributed by atoms with Crippen LogP contribution < -0.4 is 0 Å². The molecule has 4 rings (SSSR count). The molecular weight excluding hydrogens is 352 g/mol. The zero-order chi connectivity index (χ0) is 20.1. The molecule has 29 heavy (non-hydrogen) atoms. The van der Waals surface area contributed by atoms with Crippen LogP contribution in [0.1, 0.15) is 52.6 Å². The van der Waals surface area contributed by atoms with E-state index in [1.807, 2.05) is 18.2 Å². The Labute approximate surface area is 172 Å². The van der Waals surface area contributed by atoms with Crippen molar-refractivity contribution in [2.24, 2.45) is 0 Å². The van der Waals surface area contributed by atoms with Gasteiger partial charge in [-0.2, -0.15) is 0 Å². The fraction of sp³-hybridized carbons (Fsp3) is 0.143. The van der Waals surface area contributed by atoms with Gasteiger partial charge in [0.15, 0.2) is 0 Å². The van der Waals surface area contributed by atoms with Gasteiger partial charge in [-0.3, -0.25) is 0 Å². The molecule has 0 amide bonds. The summed E-state index contributed by atoms with van der Waals surface area (Å²) in [5, 5.41) is 9.44. The predicted octanol–water partition coefficient (Wildman–Crippen LogP) is 6.07. The van der Waals surface area contributed by atoms with Crippen molar-refractivity contribution in [2.45, 2.75) is 26.2 Å². The van der Waals surface area contributed by atoms with Crippen molar-refractivity contribution >= 4 is 5.57 Å². The molecule has 1 aliphatic rings. The molecule has 0 radical (unpaired) electrons. The number of allylic oxidation sites excluding steroid dienone is 2. The Bertz CT molecular complexity index is 1170. The second-order valence-corrected chi connectivity index (χ2v) is 7.29. The zero-order valence-corrected chi connectivity index (χ0v) is 16.5. The average Bonchev–Trinajstić information content (AvgIpc) is 3.28. The topological polar surface area (TPSA) is 20.2 Å². The van der Waals surface area contributed by atoms with Crippen molar-refractivity contribution < 1.29 is 5.11 Å². The van der Waals surface area contributed by atoms with Crippen molar-refractivity contribution in [3.05, 3.63) is 106 Å². The molecule has 1 N–H and O–H groups in total. The first-order valence-electron chi connectivity index (χ1n) is 9.90. The van der Waals surface area contributed by atoms with Crippen LogP contribution >= 0.6 is 0 Å². The van der Waals surface area contributed by atoms with Crippen LogP contribution in [0.2, 0.25) is 0 Å². The number of benzene rings is 3. The number of rotatable bonds is 1. The molecule has 0 bridgehead atoms. The highest BCUT2D eigenvalue weighted by Gasteiger charge is 2.11. The van der Waals surface area contributed by atoms with Crippen LogP contribution in [0.5, 0.6) is 5.75 Å². The third-order valence-corrected chi connectivity index (χ3v) is 5.02. The van der Waals surface area contributed by atoms with Gasteiger partial charge in [0.25, 0.3) is 0 Å². The highest BCUT2D eigenvalue weighted by molar-refractivity contribution is 5.74. The highest BCUT2D eigenvalue weighted by Crippen LogP contribution is 2.30. The Morgan fingerprint density at radius 3 is 2.03 bits per heavy atom. The molecule has 1 aliphatic carbocycles. The molecule has 0 unspecified atom stereocenters. The van der Waals surface area contributed by atoms with Crippen molar-refractivity contribution in [3.8, 4) is 29.4 Å². The maximum Gasteiger partial charge on any atom is 0.115 e. The normalized spacial score (nSPS) is 12.4. The summed E-state index contributed by atoms with van der Waals surface area (Å²) in [6.45, 7) is 2.08. The van der Waals surface area contributed by atoms with Crippen molar-refractivity contribution in [1.82, 2.24) is 0 Å². The second-order valence-electron chi connectivity index (χ2n) is 7.29. The maximum atomic E-state index is 9.44. The molecule has 0 heterocycles. The Morgan fingerprint density at radius 1 is 0.724 bits per heavy atom. The molecule has 0 aromatic heterocycles. The van der Waals surface area contributed by atoms with E-state index in [0.29, 0.717) is 0 Å². The maximum absolute atomic E-state index is 9.44. The van der Waals surface area contributed by atoms with E-state index in [9.17, 15) is 5.11 Å². The fourth-order valence-corrected chi connectivity index (χ4v) is 3.38. The highest BCUT2D eigenvalue weighted by atomic mass is 16.3. The van der Waals surface area contributed by atoms with Crippen LogP contribution in [0.15, 0.2) is 72.8 Å². The largest absolute Gasteiger partial charge is 0.508 e. The van der Waals surface area contributed by atoms with Crippen LogP contribution in [-0.4, -0.2) is 5.11 Å². The van der Waals surface area contributed by atoms with Gasteiger partial charge in [0, 0.05) is 22.3 Å². The van der Waals surface area contributed by atoms with Gasteiger partial charge >= 0.3 is 0 Å². The number of phenols is 1. The first-order valence-corrected chi connectivity index (χ1v) is 9.90. The molecular formula is C28H22O. The summed E-state index contributed by atoms with van der Waals surface area (Å²) in [5.41, 5.74) is 7.72. The van der Waals surface area contributed by atoms with Gasteiger partial charge < -0.3 is 5.11 Å². The lowest BCUT2D eigenvalue weighted by molar-refractivity contribution is 0.475. The molecule has 0 spiro atoms. The van der Waals surface area contributed by atoms with Crippen molar-refractivity contribution in [2.75, 3.05) is 0 Å². The van der Waals surface area contributed by atoms with E-state index >= 15 is 0 Å². The lowest BCUT2D eigenvalue weighted by Gasteiger charge is -2.07. The summed E-state index contributed by atoms with van der Waals surface area (Å²) >= 11 is 0. The molecule has 140 valence electrons. The Hall–Kier alpha value is -3.68. The monoisotopic (exact) mass is 374 g/mol. The summed E-state index contributed by atoms with van der Waals surface area (Å²) in [5.74, 6) is 13.3. The third kappa shape index (κ3) is 4.78. The summed E-state index contributed by atoms with van der Waals surface area (Å²) in [4.78, 5) is 0. The number of phenolic OH excluding ortho intramolecular Hbond substituents is 1. The Balaban J connectivity index is 1.68. The number of hydrogen-bond donors (Lipinski definition) is 1. The second kappa shape index (κ2) is 8.55. The molecule has 0 fully saturated rings. The zero-order valence-electron chi connectivity index (χ0n) is 16.5. The fourth-order valence-electron chi connectivity index (χ4n) is 3.38. The molecule has 0 aliphatic heterocycles. The van der Waals surface area contributed by atoms with E-state index in [4.69, 9.17) is 0 Å². The molecule has 1 nitrogen and oxygen atoms in total. The van der Waals surface area contributed by atoms with Gasteiger partial charge in [-0.25, -0.2) is 0 Å². The molecule has 1 heteroatoms. The summed E-state index contributed by atoms with van der Waals surface area (Å²) in [7, 11) is 0. The molecule has 3 aromatic carbocycles. The minimum absolute atomic E-state index is 0.254. The van der Waals surface area contributed by atoms with Crippen LogP contribution in [-0.2, 0) is 0 Å². The van der Waals surface area contributed by atoms with Crippen LogP contribution in [0.25, 0.3) is 5.57 Å². The SMILES string of the molecule is Cc1ccc(C#Cc2ccc(C#Cc3ccc(O)cc3)c(C3=CCCC3)c2)cc1. The molecule has 0 atom stereocenters. The van der Waals surface area contributed by atoms with Gasteiger partial charge in [-0.1, -0.05) is 47.5 Å². The van der Waals surface area contributed by atoms with E-state index < -0.39 is 0 Å². The average molecular weight is 374 g/mol. The van der Waals surface area contributed by atoms with E-state index in [0.717, 1.165) is 35.1 Å². The van der Waals surface area contributed by atoms with Crippen LogP contribution in [0, 0.1) is 30.6 Å². The lowest BCUT2D eigenvalue weighted by atomic mass is 9.96. The summed E-state index contributed by atoms with van der Waals surface area (Å²) in [6, 6.07) is 21.5. The summed E-state index contributed by atoms with van der Waals surface area (Å²) in [6.07, 6.45) is 5.72. The minimum Gasteiger partial charge on any atom is -0.508 e. The quantitative estimate of drug-likeness (QED) is 0.513. The van der Waals surface area contributed by atoms with Gasteiger partial charge in [0.2, 0.25) is 0 Å². The van der Waals surface area contributed by atoms with Gasteiger partial charge in [-0.05, 0) is 91.9 Å². The van der Waals surface area contributed by atoms with E-state index in [-0.39, 0.29) is 5.75 Å². The first kappa shape index (κ1) is 18.7. The van der Waals surface area contributed by atoms with E-state index in [1.54, 1.807) is 12.1 Å². The van der Waals surface area contributed by atoms with Crippen molar-refractivity contribution in [1.29, 1.82) is 0 Å². The molecule has 3 aromatic rings. The van der Waals surface area contributed by atoms with Gasteiger partial charge in [0.1, 0.15) is 5.75 Å². The Kier molecular flexibility index (Phi) is 5.51. The summed E-state index contributed by atoms with van der Waals surface area (Å²) < 4.78 is 0. The van der Waals surface area contributed by atoms with Crippen LogP contribution in [0.4, 0.5) is 0 Å². The van der Waals surface area contributed by atoms with Crippen molar-refractivity contribution in [3.63, 3.8) is 0 Å². The Morgan fingerprint density at radius 2 is 1.34 bits per heavy atom. The molecule has 0 saturated heterocycles. The smallest absolute Gasteiger partial charge is 0.115 e. The lowest BCUT2D eigenvalue weighted by Crippen LogP contribution is -1.90. The van der Waals surface area contributed by atoms with Crippen LogP contribution in [0.3, 0.4) is 0 Å². The predicted molar refractivity (Wildman–Crippen MR) is 120 cm³/mol.